The summed E-state index contributed by atoms with van der Waals surface area (Å²) in [4.78, 5) is 12.5. The van der Waals surface area contributed by atoms with E-state index in [0.29, 0.717) is 23.8 Å². The van der Waals surface area contributed by atoms with E-state index in [1.807, 2.05) is 31.5 Å². The van der Waals surface area contributed by atoms with Gasteiger partial charge in [0.15, 0.2) is 12.4 Å². The molecule has 0 spiro atoms. The highest BCUT2D eigenvalue weighted by atomic mass is 35.5. The molecule has 6 nitrogen and oxygen atoms in total. The zero-order valence-corrected chi connectivity index (χ0v) is 16.8. The van der Waals surface area contributed by atoms with Crippen LogP contribution in [0.1, 0.15) is 24.8 Å². The van der Waals surface area contributed by atoms with Gasteiger partial charge in [-0.25, -0.2) is 8.42 Å². The van der Waals surface area contributed by atoms with Crippen LogP contribution in [-0.4, -0.2) is 31.7 Å². The number of pyridine rings is 1. The Labute approximate surface area is 164 Å². The first-order valence-corrected chi connectivity index (χ1v) is 10.7. The van der Waals surface area contributed by atoms with Crippen LogP contribution >= 0.6 is 11.6 Å². The molecule has 0 aliphatic carbocycles. The number of hydrogen-bond donors (Lipinski definition) is 1. The normalized spacial score (nSPS) is 15.5. The molecule has 1 aromatic carbocycles. The molecule has 1 aromatic heterocycles. The van der Waals surface area contributed by atoms with Crippen molar-refractivity contribution < 1.29 is 17.8 Å². The lowest BCUT2D eigenvalue weighted by molar-refractivity contribution is -0.684. The zero-order chi connectivity index (χ0) is 19.4. The van der Waals surface area contributed by atoms with E-state index < -0.39 is 10.0 Å². The van der Waals surface area contributed by atoms with Crippen molar-refractivity contribution in [2.45, 2.75) is 37.6 Å². The van der Waals surface area contributed by atoms with E-state index in [1.165, 1.54) is 22.5 Å². The second-order valence-electron chi connectivity index (χ2n) is 6.70. The summed E-state index contributed by atoms with van der Waals surface area (Å²) in [6, 6.07) is 8.24. The number of piperidine rings is 1. The minimum atomic E-state index is -3.58. The van der Waals surface area contributed by atoms with Crippen molar-refractivity contribution in [1.29, 1.82) is 0 Å². The lowest BCUT2D eigenvalue weighted by atomic mass is 10.2. The molecule has 8 heteroatoms. The molecule has 0 atom stereocenters. The van der Waals surface area contributed by atoms with Crippen molar-refractivity contribution in [3.8, 4) is 0 Å². The predicted octanol–water partition coefficient (Wildman–Crippen LogP) is 2.75. The molecule has 0 unspecified atom stereocenters. The van der Waals surface area contributed by atoms with E-state index >= 15 is 0 Å². The lowest BCUT2D eigenvalue weighted by Gasteiger charge is -2.26. The summed E-state index contributed by atoms with van der Waals surface area (Å²) < 4.78 is 28.9. The highest BCUT2D eigenvalue weighted by Gasteiger charge is 2.26. The van der Waals surface area contributed by atoms with E-state index in [0.717, 1.165) is 24.8 Å². The van der Waals surface area contributed by atoms with Crippen LogP contribution in [0.2, 0.25) is 5.02 Å². The van der Waals surface area contributed by atoms with Crippen molar-refractivity contribution in [1.82, 2.24) is 4.31 Å². The first-order valence-electron chi connectivity index (χ1n) is 8.91. The molecule has 2 aromatic rings. The summed E-state index contributed by atoms with van der Waals surface area (Å²) in [7, 11) is -3.58. The molecule has 1 N–H and O–H groups in total. The number of anilines is 1. The van der Waals surface area contributed by atoms with Gasteiger partial charge in [-0.15, -0.1) is 0 Å². The summed E-state index contributed by atoms with van der Waals surface area (Å²) >= 11 is 6.17. The molecule has 1 fully saturated rings. The monoisotopic (exact) mass is 408 g/mol. The summed E-state index contributed by atoms with van der Waals surface area (Å²) in [5, 5.41) is 3.01. The molecule has 0 radical (unpaired) electrons. The molecule has 144 valence electrons. The Morgan fingerprint density at radius 1 is 1.15 bits per heavy atom. The first kappa shape index (κ1) is 19.8. The minimum absolute atomic E-state index is 0.111. The van der Waals surface area contributed by atoms with Crippen LogP contribution in [0.4, 0.5) is 5.69 Å². The van der Waals surface area contributed by atoms with Gasteiger partial charge in [0.2, 0.25) is 16.6 Å². The number of sulfonamides is 1. The number of amides is 1. The fourth-order valence-electron chi connectivity index (χ4n) is 3.01. The minimum Gasteiger partial charge on any atom is -0.319 e. The van der Waals surface area contributed by atoms with E-state index in [9.17, 15) is 13.2 Å². The number of halogens is 1. The summed E-state index contributed by atoms with van der Waals surface area (Å²) in [5.74, 6) is -0.279. The quantitative estimate of drug-likeness (QED) is 0.773. The molecule has 1 saturated heterocycles. The molecule has 0 saturated carbocycles. The Balaban J connectivity index is 1.76. The molecule has 1 aliphatic rings. The average Bonchev–Trinajstić information content (AvgIpc) is 2.66. The number of benzene rings is 1. The molecule has 0 bridgehead atoms. The van der Waals surface area contributed by atoms with Gasteiger partial charge in [0.05, 0.1) is 15.6 Å². The van der Waals surface area contributed by atoms with Crippen LogP contribution in [0.15, 0.2) is 47.6 Å². The van der Waals surface area contributed by atoms with Gasteiger partial charge in [0.1, 0.15) is 0 Å². The van der Waals surface area contributed by atoms with Gasteiger partial charge < -0.3 is 5.32 Å². The van der Waals surface area contributed by atoms with Crippen LogP contribution in [0.25, 0.3) is 0 Å². The maximum atomic E-state index is 12.8. The Hall–Kier alpha value is -1.96. The zero-order valence-electron chi connectivity index (χ0n) is 15.2. The molecule has 1 amide bonds. The largest absolute Gasteiger partial charge is 0.319 e. The number of nitrogens with one attached hydrogen (secondary N) is 1. The topological polar surface area (TPSA) is 70.4 Å². The van der Waals surface area contributed by atoms with Crippen molar-refractivity contribution >= 4 is 33.2 Å². The van der Waals surface area contributed by atoms with Gasteiger partial charge in [-0.05, 0) is 43.5 Å². The fourth-order valence-corrected chi connectivity index (χ4v) is 4.72. The van der Waals surface area contributed by atoms with Gasteiger partial charge >= 0.3 is 0 Å². The van der Waals surface area contributed by atoms with Gasteiger partial charge in [-0.2, -0.15) is 8.87 Å². The number of nitrogens with zero attached hydrogens (tertiary/aromatic N) is 2. The number of rotatable bonds is 5. The molecule has 27 heavy (non-hydrogen) atoms. The van der Waals surface area contributed by atoms with E-state index in [2.05, 4.69) is 5.32 Å². The van der Waals surface area contributed by atoms with E-state index in [1.54, 1.807) is 4.57 Å². The van der Waals surface area contributed by atoms with Gasteiger partial charge in [0, 0.05) is 25.2 Å². The molecule has 1 aliphatic heterocycles. The summed E-state index contributed by atoms with van der Waals surface area (Å²) in [6.07, 6.45) is 6.40. The smallest absolute Gasteiger partial charge is 0.290 e. The average molecular weight is 409 g/mol. The van der Waals surface area contributed by atoms with Crippen LogP contribution in [0.3, 0.4) is 0 Å². The standard InChI is InChI=1S/C19H22ClN3O3S/c1-15-7-11-22(12-8-15)14-19(24)21-18-13-16(5-6-17(18)20)27(25,26)23-9-3-2-4-10-23/h5-8,11-13H,2-4,9-10,14H2,1H3/p+1. The second-order valence-corrected chi connectivity index (χ2v) is 9.05. The third-order valence-electron chi connectivity index (χ3n) is 4.55. The molecule has 3 rings (SSSR count). The predicted molar refractivity (Wildman–Crippen MR) is 104 cm³/mol. The number of aromatic nitrogens is 1. The van der Waals surface area contributed by atoms with Gasteiger partial charge in [-0.1, -0.05) is 18.0 Å². The Morgan fingerprint density at radius 3 is 2.48 bits per heavy atom. The van der Waals surface area contributed by atoms with Crippen LogP contribution in [0, 0.1) is 6.92 Å². The summed E-state index contributed by atoms with van der Waals surface area (Å²) in [6.45, 7) is 3.13. The third-order valence-corrected chi connectivity index (χ3v) is 6.77. The maximum absolute atomic E-state index is 12.8. The van der Waals surface area contributed by atoms with E-state index in [-0.39, 0.29) is 17.3 Å². The van der Waals surface area contributed by atoms with Crippen molar-refractivity contribution in [2.24, 2.45) is 0 Å². The van der Waals surface area contributed by atoms with Gasteiger partial charge in [0.25, 0.3) is 5.91 Å². The maximum Gasteiger partial charge on any atom is 0.290 e. The van der Waals surface area contributed by atoms with Gasteiger partial charge in [-0.3, -0.25) is 4.79 Å². The Kier molecular flexibility index (Phi) is 6.14. The fraction of sp³-hybridized carbons (Fsp3) is 0.368. The van der Waals surface area contributed by atoms with E-state index in [4.69, 9.17) is 11.6 Å². The van der Waals surface area contributed by atoms with Crippen LogP contribution in [0.5, 0.6) is 0 Å². The number of carbonyl (C=O) groups excluding carboxylic acids is 1. The Bertz CT molecular complexity index is 924. The van der Waals surface area contributed by atoms with Crippen molar-refractivity contribution in [2.75, 3.05) is 18.4 Å². The highest BCUT2D eigenvalue weighted by molar-refractivity contribution is 7.89. The van der Waals surface area contributed by atoms with Crippen LogP contribution < -0.4 is 9.88 Å². The SMILES string of the molecule is Cc1cc[n+](CC(=O)Nc2cc(S(=O)(=O)N3CCCCC3)ccc2Cl)cc1. The van der Waals surface area contributed by atoms with Crippen molar-refractivity contribution in [3.05, 3.63) is 53.3 Å². The first-order chi connectivity index (χ1) is 12.9. The summed E-state index contributed by atoms with van der Waals surface area (Å²) in [5.41, 5.74) is 1.40. The molecular formula is C19H23ClN3O3S+. The Morgan fingerprint density at radius 2 is 1.81 bits per heavy atom. The number of carbonyl (C=O) groups is 1. The van der Waals surface area contributed by atoms with Crippen molar-refractivity contribution in [3.63, 3.8) is 0 Å². The second kappa shape index (κ2) is 8.37. The third kappa shape index (κ3) is 4.86. The molecular weight excluding hydrogens is 386 g/mol. The number of hydrogen-bond acceptors (Lipinski definition) is 3. The number of aryl methyl sites for hydroxylation is 1. The van der Waals surface area contributed by atoms with Crippen LogP contribution in [-0.2, 0) is 21.4 Å². The lowest BCUT2D eigenvalue weighted by Crippen LogP contribution is -2.39. The highest BCUT2D eigenvalue weighted by Crippen LogP contribution is 2.28. The molecule has 2 heterocycles.